The standard InChI is InChI=1S/C21H28N4/c1-17-10-14-25(15-11-17)21-22-19(18-8-4-2-5-9-18)16-20(23-21)24-12-6-3-7-13-24/h2,4-5,8-9,16-17H,3,6-7,10-15H2,1H3. The summed E-state index contributed by atoms with van der Waals surface area (Å²) in [4.78, 5) is 14.7. The van der Waals surface area contributed by atoms with Gasteiger partial charge in [-0.3, -0.25) is 0 Å². The first-order valence-corrected chi connectivity index (χ1v) is 9.74. The number of hydrogen-bond donors (Lipinski definition) is 0. The number of anilines is 2. The van der Waals surface area contributed by atoms with E-state index in [9.17, 15) is 0 Å². The summed E-state index contributed by atoms with van der Waals surface area (Å²) < 4.78 is 0. The Kier molecular flexibility index (Phi) is 4.86. The zero-order valence-electron chi connectivity index (χ0n) is 15.2. The molecule has 4 heteroatoms. The minimum absolute atomic E-state index is 0.815. The summed E-state index contributed by atoms with van der Waals surface area (Å²) in [5, 5.41) is 0. The van der Waals surface area contributed by atoms with E-state index in [2.05, 4.69) is 53.1 Å². The Bertz CT molecular complexity index is 686. The molecule has 2 aromatic rings. The molecule has 3 heterocycles. The van der Waals surface area contributed by atoms with Gasteiger partial charge in [-0.2, -0.15) is 4.98 Å². The Morgan fingerprint density at radius 2 is 1.56 bits per heavy atom. The Morgan fingerprint density at radius 1 is 0.840 bits per heavy atom. The van der Waals surface area contributed by atoms with Crippen molar-refractivity contribution >= 4 is 11.8 Å². The van der Waals surface area contributed by atoms with E-state index in [-0.39, 0.29) is 0 Å². The fraction of sp³-hybridized carbons (Fsp3) is 0.524. The van der Waals surface area contributed by atoms with E-state index in [1.54, 1.807) is 0 Å². The minimum atomic E-state index is 0.815. The minimum Gasteiger partial charge on any atom is -0.356 e. The lowest BCUT2D eigenvalue weighted by Crippen LogP contribution is -2.35. The van der Waals surface area contributed by atoms with Gasteiger partial charge in [0.25, 0.3) is 0 Å². The monoisotopic (exact) mass is 336 g/mol. The van der Waals surface area contributed by atoms with Crippen molar-refractivity contribution in [3.63, 3.8) is 0 Å². The lowest BCUT2D eigenvalue weighted by Gasteiger charge is -2.32. The number of piperidine rings is 2. The summed E-state index contributed by atoms with van der Waals surface area (Å²) in [6.45, 7) is 6.71. The van der Waals surface area contributed by atoms with Crippen molar-refractivity contribution in [2.24, 2.45) is 5.92 Å². The molecule has 2 aliphatic rings. The molecule has 0 saturated carbocycles. The van der Waals surface area contributed by atoms with Crippen LogP contribution in [0.3, 0.4) is 0 Å². The lowest BCUT2D eigenvalue weighted by atomic mass is 10.00. The highest BCUT2D eigenvalue weighted by Crippen LogP contribution is 2.28. The molecule has 1 aromatic heterocycles. The highest BCUT2D eigenvalue weighted by Gasteiger charge is 2.21. The predicted octanol–water partition coefficient (Wildman–Crippen LogP) is 4.37. The SMILES string of the molecule is CC1CCN(c2nc(-c3ccccc3)cc(N3CCCCC3)n2)CC1. The predicted molar refractivity (Wildman–Crippen MR) is 104 cm³/mol. The second-order valence-corrected chi connectivity index (χ2v) is 7.49. The van der Waals surface area contributed by atoms with Gasteiger partial charge in [-0.15, -0.1) is 0 Å². The summed E-state index contributed by atoms with van der Waals surface area (Å²) in [6, 6.07) is 12.7. The molecule has 0 atom stereocenters. The average molecular weight is 336 g/mol. The number of hydrogen-bond acceptors (Lipinski definition) is 4. The second-order valence-electron chi connectivity index (χ2n) is 7.49. The van der Waals surface area contributed by atoms with E-state index in [4.69, 9.17) is 9.97 Å². The molecule has 0 radical (unpaired) electrons. The summed E-state index contributed by atoms with van der Waals surface area (Å²) in [5.74, 6) is 2.83. The Balaban J connectivity index is 1.69. The van der Waals surface area contributed by atoms with Gasteiger partial charge in [0.05, 0.1) is 5.69 Å². The number of benzene rings is 1. The van der Waals surface area contributed by atoms with Crippen LogP contribution in [0.4, 0.5) is 11.8 Å². The topological polar surface area (TPSA) is 32.3 Å². The van der Waals surface area contributed by atoms with Gasteiger partial charge in [0.2, 0.25) is 5.95 Å². The Labute approximate surface area is 150 Å². The molecule has 2 aliphatic heterocycles. The molecule has 4 rings (SSSR count). The van der Waals surface area contributed by atoms with Crippen LogP contribution in [-0.4, -0.2) is 36.1 Å². The molecular weight excluding hydrogens is 308 g/mol. The van der Waals surface area contributed by atoms with Gasteiger partial charge in [0, 0.05) is 37.8 Å². The van der Waals surface area contributed by atoms with Crippen molar-refractivity contribution < 1.29 is 0 Å². The van der Waals surface area contributed by atoms with E-state index in [1.165, 1.54) is 37.7 Å². The molecule has 0 unspecified atom stereocenters. The maximum Gasteiger partial charge on any atom is 0.227 e. The van der Waals surface area contributed by atoms with E-state index in [0.717, 1.165) is 49.6 Å². The third kappa shape index (κ3) is 3.78. The van der Waals surface area contributed by atoms with Gasteiger partial charge in [-0.1, -0.05) is 37.3 Å². The lowest BCUT2D eigenvalue weighted by molar-refractivity contribution is 0.434. The van der Waals surface area contributed by atoms with Crippen LogP contribution in [0.2, 0.25) is 0 Å². The third-order valence-corrected chi connectivity index (χ3v) is 5.52. The summed E-state index contributed by atoms with van der Waals surface area (Å²) >= 11 is 0. The normalized spacial score (nSPS) is 19.2. The van der Waals surface area contributed by atoms with Crippen LogP contribution in [0.5, 0.6) is 0 Å². The Morgan fingerprint density at radius 3 is 2.28 bits per heavy atom. The molecule has 0 spiro atoms. The van der Waals surface area contributed by atoms with Crippen molar-refractivity contribution in [1.82, 2.24) is 9.97 Å². The number of nitrogens with zero attached hydrogens (tertiary/aromatic N) is 4. The molecular formula is C21H28N4. The van der Waals surface area contributed by atoms with Crippen molar-refractivity contribution in [1.29, 1.82) is 0 Å². The molecule has 4 nitrogen and oxygen atoms in total. The van der Waals surface area contributed by atoms with Gasteiger partial charge in [-0.25, -0.2) is 4.98 Å². The maximum atomic E-state index is 4.97. The summed E-state index contributed by atoms with van der Waals surface area (Å²) in [6.07, 6.45) is 6.34. The highest BCUT2D eigenvalue weighted by molar-refractivity contribution is 5.65. The number of aromatic nitrogens is 2. The van der Waals surface area contributed by atoms with E-state index in [0.29, 0.717) is 0 Å². The van der Waals surface area contributed by atoms with Gasteiger partial charge in [0.1, 0.15) is 5.82 Å². The van der Waals surface area contributed by atoms with Crippen molar-refractivity contribution in [2.75, 3.05) is 36.0 Å². The quantitative estimate of drug-likeness (QED) is 0.833. The Hall–Kier alpha value is -2.10. The zero-order valence-corrected chi connectivity index (χ0v) is 15.2. The zero-order chi connectivity index (χ0) is 17.1. The smallest absolute Gasteiger partial charge is 0.227 e. The molecule has 0 aliphatic carbocycles. The molecule has 2 fully saturated rings. The largest absolute Gasteiger partial charge is 0.356 e. The van der Waals surface area contributed by atoms with E-state index in [1.807, 2.05) is 0 Å². The van der Waals surface area contributed by atoms with Crippen molar-refractivity contribution in [2.45, 2.75) is 39.0 Å². The van der Waals surface area contributed by atoms with E-state index >= 15 is 0 Å². The van der Waals surface area contributed by atoms with Gasteiger partial charge < -0.3 is 9.80 Å². The first-order valence-electron chi connectivity index (χ1n) is 9.74. The van der Waals surface area contributed by atoms with Crippen LogP contribution in [0.1, 0.15) is 39.0 Å². The molecule has 1 aromatic carbocycles. The summed E-state index contributed by atoms with van der Waals surface area (Å²) in [7, 11) is 0. The fourth-order valence-electron chi connectivity index (χ4n) is 3.81. The molecule has 0 bridgehead atoms. The van der Waals surface area contributed by atoms with Crippen LogP contribution >= 0.6 is 0 Å². The van der Waals surface area contributed by atoms with Crippen LogP contribution in [0.25, 0.3) is 11.3 Å². The van der Waals surface area contributed by atoms with Crippen LogP contribution in [0.15, 0.2) is 36.4 Å². The average Bonchev–Trinajstić information content (AvgIpc) is 2.69. The molecule has 132 valence electrons. The molecule has 0 amide bonds. The van der Waals surface area contributed by atoms with Crippen LogP contribution in [-0.2, 0) is 0 Å². The van der Waals surface area contributed by atoms with Crippen LogP contribution in [0, 0.1) is 5.92 Å². The first-order chi connectivity index (χ1) is 12.3. The maximum absolute atomic E-state index is 4.97. The summed E-state index contributed by atoms with van der Waals surface area (Å²) in [5.41, 5.74) is 2.22. The molecule has 2 saturated heterocycles. The third-order valence-electron chi connectivity index (χ3n) is 5.52. The highest BCUT2D eigenvalue weighted by atomic mass is 15.3. The van der Waals surface area contributed by atoms with E-state index < -0.39 is 0 Å². The van der Waals surface area contributed by atoms with Crippen molar-refractivity contribution in [3.8, 4) is 11.3 Å². The first kappa shape index (κ1) is 16.4. The number of rotatable bonds is 3. The molecule has 25 heavy (non-hydrogen) atoms. The second kappa shape index (κ2) is 7.42. The van der Waals surface area contributed by atoms with Gasteiger partial charge in [0.15, 0.2) is 0 Å². The van der Waals surface area contributed by atoms with Gasteiger partial charge >= 0.3 is 0 Å². The molecule has 0 N–H and O–H groups in total. The van der Waals surface area contributed by atoms with Crippen molar-refractivity contribution in [3.05, 3.63) is 36.4 Å². The fourth-order valence-corrected chi connectivity index (χ4v) is 3.81. The van der Waals surface area contributed by atoms with Crippen LogP contribution < -0.4 is 9.80 Å². The van der Waals surface area contributed by atoms with Gasteiger partial charge in [-0.05, 0) is 38.0 Å².